The van der Waals surface area contributed by atoms with Crippen LogP contribution in [0.3, 0.4) is 0 Å². The summed E-state index contributed by atoms with van der Waals surface area (Å²) in [6.07, 6.45) is 1.89. The van der Waals surface area contributed by atoms with Crippen LogP contribution in [0.5, 0.6) is 0 Å². The first-order valence-corrected chi connectivity index (χ1v) is 6.30. The molecular weight excluding hydrogens is 260 g/mol. The summed E-state index contributed by atoms with van der Waals surface area (Å²) in [7, 11) is 0. The molecule has 0 atom stereocenters. The summed E-state index contributed by atoms with van der Waals surface area (Å²) in [6.45, 7) is 4.57. The fourth-order valence-corrected chi connectivity index (χ4v) is 1.84. The number of amides is 1. The topological polar surface area (TPSA) is 29.1 Å². The second kappa shape index (κ2) is 6.69. The van der Waals surface area contributed by atoms with Gasteiger partial charge in [-0.3, -0.25) is 4.79 Å². The van der Waals surface area contributed by atoms with Crippen LogP contribution < -0.4 is 5.32 Å². The lowest BCUT2D eigenvalue weighted by atomic mass is 10.0. The maximum atomic E-state index is 13.0. The van der Waals surface area contributed by atoms with Gasteiger partial charge in [-0.25, -0.2) is 8.78 Å². The number of carbonyl (C=O) groups excluding carboxylic acids is 1. The Balaban J connectivity index is 2.76. The van der Waals surface area contributed by atoms with E-state index in [0.717, 1.165) is 25.0 Å². The number of hydrogen-bond acceptors (Lipinski definition) is 1. The molecular formula is C13H16ClF2NO. The van der Waals surface area contributed by atoms with Crippen LogP contribution in [0, 0.1) is 17.6 Å². The highest BCUT2D eigenvalue weighted by Crippen LogP contribution is 2.20. The highest BCUT2D eigenvalue weighted by Gasteiger charge is 2.15. The van der Waals surface area contributed by atoms with Crippen molar-refractivity contribution in [3.05, 3.63) is 34.4 Å². The zero-order chi connectivity index (χ0) is 13.7. The van der Waals surface area contributed by atoms with Crippen molar-refractivity contribution in [2.75, 3.05) is 6.54 Å². The molecule has 1 rings (SSSR count). The van der Waals surface area contributed by atoms with E-state index in [-0.39, 0.29) is 10.6 Å². The molecule has 1 N–H and O–H groups in total. The first kappa shape index (κ1) is 14.9. The Kier molecular flexibility index (Phi) is 5.54. The minimum atomic E-state index is -1.08. The van der Waals surface area contributed by atoms with Gasteiger partial charge in [0.05, 0.1) is 10.6 Å². The molecule has 18 heavy (non-hydrogen) atoms. The molecule has 0 radical (unpaired) electrons. The largest absolute Gasteiger partial charge is 0.352 e. The van der Waals surface area contributed by atoms with Gasteiger partial charge in [-0.05, 0) is 18.1 Å². The summed E-state index contributed by atoms with van der Waals surface area (Å²) in [5.41, 5.74) is -0.0403. The van der Waals surface area contributed by atoms with E-state index in [0.29, 0.717) is 12.5 Å². The molecule has 100 valence electrons. The average molecular weight is 276 g/mol. The van der Waals surface area contributed by atoms with Gasteiger partial charge in [0.25, 0.3) is 5.91 Å². The zero-order valence-corrected chi connectivity index (χ0v) is 11.2. The van der Waals surface area contributed by atoms with E-state index in [2.05, 4.69) is 5.32 Å². The molecule has 5 heteroatoms. The molecule has 0 aromatic heterocycles. The molecule has 0 aliphatic rings. The summed E-state index contributed by atoms with van der Waals surface area (Å²) in [6, 6.07) is 1.63. The van der Waals surface area contributed by atoms with Gasteiger partial charge in [0.1, 0.15) is 0 Å². The van der Waals surface area contributed by atoms with E-state index in [9.17, 15) is 13.6 Å². The predicted molar refractivity (Wildman–Crippen MR) is 67.8 cm³/mol. The first-order chi connectivity index (χ1) is 8.49. The second-order valence-corrected chi connectivity index (χ2v) is 4.55. The van der Waals surface area contributed by atoms with Crippen molar-refractivity contribution in [1.29, 1.82) is 0 Å². The Morgan fingerprint density at radius 2 is 1.83 bits per heavy atom. The minimum absolute atomic E-state index is 0.0403. The third-order valence-corrected chi connectivity index (χ3v) is 3.27. The fourth-order valence-electron chi connectivity index (χ4n) is 1.61. The highest BCUT2D eigenvalue weighted by molar-refractivity contribution is 6.33. The quantitative estimate of drug-likeness (QED) is 0.814. The van der Waals surface area contributed by atoms with E-state index in [1.807, 2.05) is 13.8 Å². The number of benzene rings is 1. The molecule has 1 aromatic carbocycles. The maximum absolute atomic E-state index is 13.0. The Bertz CT molecular complexity index is 433. The molecule has 1 amide bonds. The van der Waals surface area contributed by atoms with Crippen LogP contribution in [0.25, 0.3) is 0 Å². The number of nitrogens with one attached hydrogen (secondary N) is 1. The van der Waals surface area contributed by atoms with Gasteiger partial charge in [0.2, 0.25) is 0 Å². The second-order valence-electron chi connectivity index (χ2n) is 4.14. The monoisotopic (exact) mass is 275 g/mol. The van der Waals surface area contributed by atoms with E-state index in [1.54, 1.807) is 0 Å². The van der Waals surface area contributed by atoms with Gasteiger partial charge in [0, 0.05) is 6.54 Å². The molecule has 0 fully saturated rings. The van der Waals surface area contributed by atoms with Crippen LogP contribution >= 0.6 is 11.6 Å². The molecule has 1 aromatic rings. The molecule has 0 unspecified atom stereocenters. The van der Waals surface area contributed by atoms with Crippen LogP contribution in [0.4, 0.5) is 8.78 Å². The van der Waals surface area contributed by atoms with Gasteiger partial charge in [-0.2, -0.15) is 0 Å². The van der Waals surface area contributed by atoms with Gasteiger partial charge >= 0.3 is 0 Å². The van der Waals surface area contributed by atoms with Gasteiger partial charge < -0.3 is 5.32 Å². The fraction of sp³-hybridized carbons (Fsp3) is 0.462. The van der Waals surface area contributed by atoms with E-state index in [4.69, 9.17) is 11.6 Å². The number of halogens is 3. The normalized spacial score (nSPS) is 10.8. The highest BCUT2D eigenvalue weighted by atomic mass is 35.5. The van der Waals surface area contributed by atoms with Crippen molar-refractivity contribution in [2.24, 2.45) is 5.92 Å². The Hall–Kier alpha value is -1.16. The molecule has 2 nitrogen and oxygen atoms in total. The van der Waals surface area contributed by atoms with E-state index < -0.39 is 17.5 Å². The predicted octanol–water partition coefficient (Wildman–Crippen LogP) is 3.78. The third-order valence-electron chi connectivity index (χ3n) is 2.96. The van der Waals surface area contributed by atoms with Crippen LogP contribution in [0.1, 0.15) is 37.0 Å². The summed E-state index contributed by atoms with van der Waals surface area (Å²) >= 11 is 5.71. The third kappa shape index (κ3) is 3.67. The molecule has 0 spiro atoms. The molecule has 0 bridgehead atoms. The molecule has 0 heterocycles. The van der Waals surface area contributed by atoms with Crippen LogP contribution in [0.2, 0.25) is 5.02 Å². The van der Waals surface area contributed by atoms with Crippen LogP contribution in [-0.4, -0.2) is 12.5 Å². The molecule has 0 saturated heterocycles. The lowest BCUT2D eigenvalue weighted by Gasteiger charge is -2.13. The standard InChI is InChI=1S/C13H16ClF2NO/c1-3-8(4-2)7-17-13(18)9-5-11(15)12(16)6-10(9)14/h5-6,8H,3-4,7H2,1-2H3,(H,17,18). The first-order valence-electron chi connectivity index (χ1n) is 5.92. The van der Waals surface area contributed by atoms with Gasteiger partial charge in [-0.1, -0.05) is 38.3 Å². The van der Waals surface area contributed by atoms with E-state index in [1.165, 1.54) is 0 Å². The van der Waals surface area contributed by atoms with Crippen LogP contribution in [-0.2, 0) is 0 Å². The number of carbonyl (C=O) groups is 1. The molecule has 0 saturated carbocycles. The van der Waals surface area contributed by atoms with Crippen molar-refractivity contribution in [1.82, 2.24) is 5.32 Å². The summed E-state index contributed by atoms with van der Waals surface area (Å²) in [5, 5.41) is 2.59. The van der Waals surface area contributed by atoms with Crippen molar-refractivity contribution in [3.63, 3.8) is 0 Å². The lowest BCUT2D eigenvalue weighted by molar-refractivity contribution is 0.0946. The average Bonchev–Trinajstić information content (AvgIpc) is 2.34. The Labute approximate surface area is 110 Å². The minimum Gasteiger partial charge on any atom is -0.352 e. The van der Waals surface area contributed by atoms with Crippen LogP contribution in [0.15, 0.2) is 12.1 Å². The maximum Gasteiger partial charge on any atom is 0.252 e. The summed E-state index contributed by atoms with van der Waals surface area (Å²) < 4.78 is 25.9. The Morgan fingerprint density at radius 1 is 1.28 bits per heavy atom. The Morgan fingerprint density at radius 3 is 2.39 bits per heavy atom. The van der Waals surface area contributed by atoms with Crippen molar-refractivity contribution in [2.45, 2.75) is 26.7 Å². The van der Waals surface area contributed by atoms with E-state index >= 15 is 0 Å². The molecule has 0 aliphatic heterocycles. The number of hydrogen-bond donors (Lipinski definition) is 1. The van der Waals surface area contributed by atoms with Gasteiger partial charge in [0.15, 0.2) is 11.6 Å². The van der Waals surface area contributed by atoms with Crippen molar-refractivity contribution in [3.8, 4) is 0 Å². The van der Waals surface area contributed by atoms with Crippen molar-refractivity contribution >= 4 is 17.5 Å². The summed E-state index contributed by atoms with van der Waals surface area (Å²) in [5.74, 6) is -2.24. The van der Waals surface area contributed by atoms with Crippen molar-refractivity contribution < 1.29 is 13.6 Å². The molecule has 0 aliphatic carbocycles. The number of rotatable bonds is 5. The summed E-state index contributed by atoms with van der Waals surface area (Å²) in [4.78, 5) is 11.8. The van der Waals surface area contributed by atoms with Gasteiger partial charge in [-0.15, -0.1) is 0 Å². The SMILES string of the molecule is CCC(CC)CNC(=O)c1cc(F)c(F)cc1Cl. The zero-order valence-electron chi connectivity index (χ0n) is 10.4. The lowest BCUT2D eigenvalue weighted by Crippen LogP contribution is -2.29. The smallest absolute Gasteiger partial charge is 0.252 e.